The van der Waals surface area contributed by atoms with Gasteiger partial charge in [0.05, 0.1) is 23.7 Å². The second kappa shape index (κ2) is 19.6. The van der Waals surface area contributed by atoms with Gasteiger partial charge in [-0.2, -0.15) is 11.4 Å². The third-order valence-corrected chi connectivity index (χ3v) is 11.2. The lowest BCUT2D eigenvalue weighted by molar-refractivity contribution is -0.146. The van der Waals surface area contributed by atoms with Crippen molar-refractivity contribution >= 4 is 11.8 Å². The van der Waals surface area contributed by atoms with Crippen LogP contribution in [0.5, 0.6) is 0 Å². The Hall–Kier alpha value is -2.72. The van der Waals surface area contributed by atoms with Gasteiger partial charge in [-0.15, -0.1) is 0 Å². The Kier molecular flexibility index (Phi) is 15.6. The van der Waals surface area contributed by atoms with Crippen molar-refractivity contribution in [2.45, 2.75) is 140 Å². The van der Waals surface area contributed by atoms with Crippen molar-refractivity contribution in [3.05, 3.63) is 59.6 Å². The molecule has 9 heteroatoms. The number of carbonyl (C=O) groups is 1. The minimum Gasteiger partial charge on any atom is -0.665 e. The van der Waals surface area contributed by atoms with E-state index in [1.165, 1.54) is 19.3 Å². The molecule has 2 aliphatic rings. The molecule has 0 radical (unpaired) electrons. The molecule has 9 nitrogen and oxygen atoms in total. The number of aryl methyl sites for hydroxylation is 1. The summed E-state index contributed by atoms with van der Waals surface area (Å²) in [7, 11) is 0. The van der Waals surface area contributed by atoms with Gasteiger partial charge in [-0.05, 0) is 112 Å². The number of nitrogen functional groups attached to an aromatic ring is 1. The van der Waals surface area contributed by atoms with Crippen molar-refractivity contribution < 1.29 is 30.3 Å². The number of carboxylic acid groups (broad SMARTS) is 1. The van der Waals surface area contributed by atoms with Gasteiger partial charge in [0.15, 0.2) is 0 Å². The number of carboxylic acids is 1. The van der Waals surface area contributed by atoms with Crippen molar-refractivity contribution in [1.29, 1.82) is 0 Å². The molecule has 2 aromatic heterocycles. The lowest BCUT2D eigenvalue weighted by Gasteiger charge is -2.33. The first kappa shape index (κ1) is 39.1. The molecule has 1 fully saturated rings. The summed E-state index contributed by atoms with van der Waals surface area (Å²) in [6.45, 7) is 2.32. The number of aromatic nitrogens is 2. The number of allylic oxidation sites excluding steroid dienone is 1. The number of unbranched alkanes of at least 4 members (excludes halogenated alkanes) is 4. The quantitative estimate of drug-likeness (QED) is 0.0643. The summed E-state index contributed by atoms with van der Waals surface area (Å²) in [6.07, 6.45) is 18.8. The number of anilines is 1. The number of hydrogen-bond donors (Lipinski definition) is 6. The Morgan fingerprint density at radius 3 is 2.55 bits per heavy atom. The summed E-state index contributed by atoms with van der Waals surface area (Å²) in [4.78, 5) is 21.1. The maximum atomic E-state index is 12.3. The molecule has 49 heavy (non-hydrogen) atoms. The lowest BCUT2D eigenvalue weighted by atomic mass is 9.80. The molecule has 0 spiro atoms. The van der Waals surface area contributed by atoms with Crippen LogP contribution in [0.2, 0.25) is 0 Å². The highest BCUT2D eigenvalue weighted by molar-refractivity contribution is 5.70. The van der Waals surface area contributed by atoms with E-state index in [0.717, 1.165) is 61.9 Å². The normalized spacial score (nSPS) is 26.6. The lowest BCUT2D eigenvalue weighted by Crippen LogP contribution is -2.37. The molecule has 2 heterocycles. The van der Waals surface area contributed by atoms with E-state index >= 15 is 0 Å². The first-order valence-corrected chi connectivity index (χ1v) is 19.0. The van der Waals surface area contributed by atoms with E-state index in [1.54, 1.807) is 6.20 Å². The van der Waals surface area contributed by atoms with Crippen LogP contribution in [0.1, 0.15) is 120 Å². The SMILES string of the molecule is CCCCCC1C=CC(CCCCCC(C(=O)O)C(O)CCC2(O)CC(Cc3ccnc(N)c3)CC2Cc2ccc(CCCO)[n-]2)C(O)C1. The Morgan fingerprint density at radius 1 is 1.02 bits per heavy atom. The Morgan fingerprint density at radius 2 is 1.82 bits per heavy atom. The molecule has 0 aliphatic heterocycles. The summed E-state index contributed by atoms with van der Waals surface area (Å²) in [5.74, 6) is -0.640. The van der Waals surface area contributed by atoms with Crippen LogP contribution < -0.4 is 10.7 Å². The molecule has 2 aliphatic carbocycles. The van der Waals surface area contributed by atoms with Gasteiger partial charge in [0, 0.05) is 18.7 Å². The van der Waals surface area contributed by atoms with Crippen LogP contribution in [0.3, 0.4) is 0 Å². The number of aliphatic hydroxyl groups is 4. The van der Waals surface area contributed by atoms with Gasteiger partial charge in [-0.25, -0.2) is 4.98 Å². The van der Waals surface area contributed by atoms with Crippen molar-refractivity contribution in [1.82, 2.24) is 9.97 Å². The minimum absolute atomic E-state index is 0.0800. The van der Waals surface area contributed by atoms with Crippen LogP contribution in [0.15, 0.2) is 42.6 Å². The topological polar surface area (TPSA) is 171 Å². The van der Waals surface area contributed by atoms with Crippen molar-refractivity contribution in [2.75, 3.05) is 12.3 Å². The third-order valence-electron chi connectivity index (χ3n) is 11.2. The highest BCUT2D eigenvalue weighted by atomic mass is 16.4. The van der Waals surface area contributed by atoms with Crippen LogP contribution in [0.4, 0.5) is 5.82 Å². The average Bonchev–Trinajstić information content (AvgIpc) is 3.64. The molecule has 0 amide bonds. The van der Waals surface area contributed by atoms with E-state index in [2.05, 4.69) is 24.1 Å². The Labute approximate surface area is 293 Å². The van der Waals surface area contributed by atoms with Crippen LogP contribution in [0, 0.1) is 29.6 Å². The number of aliphatic hydroxyl groups excluding tert-OH is 3. The number of pyridine rings is 1. The molecule has 2 aromatic rings. The van der Waals surface area contributed by atoms with E-state index in [0.29, 0.717) is 56.7 Å². The van der Waals surface area contributed by atoms with Gasteiger partial charge in [-0.3, -0.25) is 4.79 Å². The third kappa shape index (κ3) is 12.2. The molecule has 274 valence electrons. The zero-order valence-electron chi connectivity index (χ0n) is 29.6. The molecule has 8 atom stereocenters. The molecule has 1 saturated carbocycles. The zero-order valence-corrected chi connectivity index (χ0v) is 29.6. The van der Waals surface area contributed by atoms with E-state index < -0.39 is 23.6 Å². The summed E-state index contributed by atoms with van der Waals surface area (Å²) in [6, 6.07) is 7.81. The largest absolute Gasteiger partial charge is 0.665 e. The van der Waals surface area contributed by atoms with E-state index in [4.69, 9.17) is 10.7 Å². The second-order valence-corrected chi connectivity index (χ2v) is 15.2. The first-order valence-electron chi connectivity index (χ1n) is 19.0. The highest BCUT2D eigenvalue weighted by Crippen LogP contribution is 2.46. The van der Waals surface area contributed by atoms with Gasteiger partial charge in [0.1, 0.15) is 5.82 Å². The monoisotopic (exact) mass is 680 g/mol. The van der Waals surface area contributed by atoms with Crippen LogP contribution in [-0.2, 0) is 24.1 Å². The highest BCUT2D eigenvalue weighted by Gasteiger charge is 2.45. The molecule has 8 unspecified atom stereocenters. The Balaban J connectivity index is 1.29. The maximum absolute atomic E-state index is 12.3. The maximum Gasteiger partial charge on any atom is 0.309 e. The van der Waals surface area contributed by atoms with Gasteiger partial charge < -0.3 is 36.3 Å². The molecule has 7 N–H and O–H groups in total. The zero-order chi connectivity index (χ0) is 35.2. The average molecular weight is 681 g/mol. The predicted molar refractivity (Wildman–Crippen MR) is 193 cm³/mol. The van der Waals surface area contributed by atoms with E-state index in [-0.39, 0.29) is 36.9 Å². The van der Waals surface area contributed by atoms with Gasteiger partial charge in [0.2, 0.25) is 0 Å². The molecule has 0 bridgehead atoms. The smallest absolute Gasteiger partial charge is 0.309 e. The molecule has 0 aromatic carbocycles. The summed E-state index contributed by atoms with van der Waals surface area (Å²) >= 11 is 0. The molecular weight excluding hydrogens is 618 g/mol. The molecule has 4 rings (SSSR count). The summed E-state index contributed by atoms with van der Waals surface area (Å²) in [5, 5.41) is 53.2. The molecular formula is C40H62N3O6-. The fraction of sp³-hybridized carbons (Fsp3) is 0.700. The fourth-order valence-corrected chi connectivity index (χ4v) is 8.43. The summed E-state index contributed by atoms with van der Waals surface area (Å²) < 4.78 is 0. The van der Waals surface area contributed by atoms with Crippen molar-refractivity contribution in [3.8, 4) is 0 Å². The van der Waals surface area contributed by atoms with E-state index in [9.17, 15) is 30.3 Å². The van der Waals surface area contributed by atoms with Crippen molar-refractivity contribution in [3.63, 3.8) is 0 Å². The van der Waals surface area contributed by atoms with Gasteiger partial charge >= 0.3 is 5.97 Å². The molecule has 0 saturated heterocycles. The number of rotatable bonds is 22. The van der Waals surface area contributed by atoms with Crippen molar-refractivity contribution in [2.24, 2.45) is 29.6 Å². The van der Waals surface area contributed by atoms with E-state index in [1.807, 2.05) is 24.3 Å². The van der Waals surface area contributed by atoms with Crippen LogP contribution in [0.25, 0.3) is 0 Å². The number of nitrogens with zero attached hydrogens (tertiary/aromatic N) is 2. The predicted octanol–water partition coefficient (Wildman–Crippen LogP) is 6.01. The Bertz CT molecular complexity index is 1300. The standard InChI is InChI=1S/C40H62N3O6/c1-2-3-5-9-28-13-14-31(37(46)24-28)10-6-4-7-12-35(39(47)48)36(45)17-19-40(49)27-30(22-29-18-20-42-38(41)25-29)23-32(40)26-34-16-15-33(43-34)11-8-21-44/h13-16,18,20,25,28,30-32,35-37,44-46,49H,2-12,17,19,21-24,26-27H2,1H3,(H2,41,42)(H,47,48)/q-1. The number of nitrogens with two attached hydrogens (primary N) is 1. The number of hydrogen-bond acceptors (Lipinski definition) is 7. The van der Waals surface area contributed by atoms with Gasteiger partial charge in [-0.1, -0.05) is 69.7 Å². The van der Waals surface area contributed by atoms with Gasteiger partial charge in [0.25, 0.3) is 0 Å². The van der Waals surface area contributed by atoms with Crippen LogP contribution in [-0.4, -0.2) is 60.9 Å². The fourth-order valence-electron chi connectivity index (χ4n) is 8.43. The van der Waals surface area contributed by atoms with Crippen LogP contribution >= 0.6 is 0 Å². The minimum atomic E-state index is -1.05. The summed E-state index contributed by atoms with van der Waals surface area (Å²) in [5.41, 5.74) is 7.80. The number of aliphatic carboxylic acids is 1. The second-order valence-electron chi connectivity index (χ2n) is 15.2. The first-order chi connectivity index (χ1) is 23.6.